The van der Waals surface area contributed by atoms with Crippen LogP contribution in [0.3, 0.4) is 0 Å². The number of para-hydroxylation sites is 1. The van der Waals surface area contributed by atoms with E-state index in [0.29, 0.717) is 5.69 Å². The lowest BCUT2D eigenvalue weighted by atomic mass is 9.63. The fourth-order valence-corrected chi connectivity index (χ4v) is 3.91. The van der Waals surface area contributed by atoms with Crippen LogP contribution in [0, 0.1) is 23.7 Å². The van der Waals surface area contributed by atoms with Crippen molar-refractivity contribution in [2.45, 2.75) is 12.8 Å². The number of carbonyl (C=O) groups is 2. The lowest BCUT2D eigenvalue weighted by Crippen LogP contribution is -2.38. The minimum absolute atomic E-state index is 0.000231. The molecule has 1 aromatic rings. The number of fused-ring (bicyclic) bond motifs is 1. The van der Waals surface area contributed by atoms with Crippen LogP contribution >= 0.6 is 0 Å². The Morgan fingerprint density at radius 1 is 0.842 bits per heavy atom. The molecule has 1 aromatic carbocycles. The second-order valence-corrected chi connectivity index (χ2v) is 5.69. The molecule has 3 nitrogen and oxygen atoms in total. The molecule has 0 spiro atoms. The molecule has 3 heteroatoms. The summed E-state index contributed by atoms with van der Waals surface area (Å²) in [5.41, 5.74) is 0.714. The fourth-order valence-electron chi connectivity index (χ4n) is 3.91. The van der Waals surface area contributed by atoms with Crippen molar-refractivity contribution in [1.29, 1.82) is 0 Å². The molecule has 5 rings (SSSR count). The predicted molar refractivity (Wildman–Crippen MR) is 71.3 cm³/mol. The average Bonchev–Trinajstić information content (AvgIpc) is 2.75. The highest BCUT2D eigenvalue weighted by atomic mass is 16.2. The number of allylic oxidation sites excluding steroid dienone is 2. The molecule has 1 aliphatic heterocycles. The van der Waals surface area contributed by atoms with Crippen molar-refractivity contribution in [2.24, 2.45) is 23.7 Å². The van der Waals surface area contributed by atoms with E-state index in [1.807, 2.05) is 30.3 Å². The molecule has 2 amide bonds. The maximum atomic E-state index is 12.6. The summed E-state index contributed by atoms with van der Waals surface area (Å²) >= 11 is 0. The van der Waals surface area contributed by atoms with Gasteiger partial charge in [-0.3, -0.25) is 14.5 Å². The highest BCUT2D eigenvalue weighted by molar-refractivity contribution is 6.22. The number of imide groups is 1. The number of rotatable bonds is 1. The third-order valence-electron chi connectivity index (χ3n) is 4.77. The minimum Gasteiger partial charge on any atom is -0.274 e. The van der Waals surface area contributed by atoms with E-state index < -0.39 is 0 Å². The van der Waals surface area contributed by atoms with E-state index in [2.05, 4.69) is 12.2 Å². The van der Waals surface area contributed by atoms with Gasteiger partial charge < -0.3 is 0 Å². The second kappa shape index (κ2) is 3.80. The largest absolute Gasteiger partial charge is 0.274 e. The Bertz CT molecular complexity index is 546. The van der Waals surface area contributed by atoms with Gasteiger partial charge in [0.05, 0.1) is 17.5 Å². The number of hydrogen-bond donors (Lipinski definition) is 0. The van der Waals surface area contributed by atoms with Crippen molar-refractivity contribution < 1.29 is 9.59 Å². The highest BCUT2D eigenvalue weighted by Crippen LogP contribution is 2.50. The molecule has 96 valence electrons. The number of hydrogen-bond acceptors (Lipinski definition) is 2. The number of anilines is 1. The SMILES string of the molecule is O=C1[C@@H]2C3C=CC(CC3)[C@@H]2C(=O)N1c1ccccc1. The van der Waals surface area contributed by atoms with Gasteiger partial charge in [0, 0.05) is 0 Å². The molecular weight excluding hydrogens is 238 g/mol. The van der Waals surface area contributed by atoms with Gasteiger partial charge in [-0.05, 0) is 36.8 Å². The topological polar surface area (TPSA) is 37.4 Å². The summed E-state index contributed by atoms with van der Waals surface area (Å²) in [5, 5.41) is 0. The van der Waals surface area contributed by atoms with Gasteiger partial charge >= 0.3 is 0 Å². The summed E-state index contributed by atoms with van der Waals surface area (Å²) in [6, 6.07) is 9.30. The molecule has 0 radical (unpaired) electrons. The van der Waals surface area contributed by atoms with Gasteiger partial charge in [0.1, 0.15) is 0 Å². The van der Waals surface area contributed by atoms with E-state index in [9.17, 15) is 9.59 Å². The monoisotopic (exact) mass is 253 g/mol. The quantitative estimate of drug-likeness (QED) is 0.569. The van der Waals surface area contributed by atoms with Gasteiger partial charge in [0.25, 0.3) is 0 Å². The van der Waals surface area contributed by atoms with Gasteiger partial charge in [-0.2, -0.15) is 0 Å². The zero-order valence-electron chi connectivity index (χ0n) is 10.5. The predicted octanol–water partition coefficient (Wildman–Crippen LogP) is 2.39. The van der Waals surface area contributed by atoms with Crippen LogP contribution in [0.25, 0.3) is 0 Å². The van der Waals surface area contributed by atoms with Crippen molar-refractivity contribution in [1.82, 2.24) is 0 Å². The Labute approximate surface area is 111 Å². The minimum atomic E-state index is -0.114. The van der Waals surface area contributed by atoms with Crippen molar-refractivity contribution in [3.05, 3.63) is 42.5 Å². The van der Waals surface area contributed by atoms with Crippen LogP contribution in [0.1, 0.15) is 12.8 Å². The molecule has 1 saturated heterocycles. The molecule has 3 aliphatic carbocycles. The van der Waals surface area contributed by atoms with Crippen LogP contribution in [-0.4, -0.2) is 11.8 Å². The average molecular weight is 253 g/mol. The van der Waals surface area contributed by atoms with E-state index in [-0.39, 0.29) is 35.5 Å². The number of carbonyl (C=O) groups excluding carboxylic acids is 2. The summed E-state index contributed by atoms with van der Waals surface area (Å²) < 4.78 is 0. The molecule has 19 heavy (non-hydrogen) atoms. The van der Waals surface area contributed by atoms with E-state index in [0.717, 1.165) is 12.8 Å². The Morgan fingerprint density at radius 3 is 1.84 bits per heavy atom. The number of benzene rings is 1. The number of nitrogens with zero attached hydrogens (tertiary/aromatic N) is 1. The molecule has 0 aromatic heterocycles. The summed E-state index contributed by atoms with van der Waals surface area (Å²) in [5.74, 6) is 0.300. The molecule has 2 fully saturated rings. The summed E-state index contributed by atoms with van der Waals surface area (Å²) in [4.78, 5) is 26.6. The van der Waals surface area contributed by atoms with Gasteiger partial charge in [-0.15, -0.1) is 0 Å². The van der Waals surface area contributed by atoms with Crippen LogP contribution < -0.4 is 4.90 Å². The lowest BCUT2D eigenvalue weighted by molar-refractivity contribution is -0.124. The summed E-state index contributed by atoms with van der Waals surface area (Å²) in [6.45, 7) is 0. The smallest absolute Gasteiger partial charge is 0.238 e. The normalized spacial score (nSPS) is 35.9. The van der Waals surface area contributed by atoms with Crippen molar-refractivity contribution in [2.75, 3.05) is 4.90 Å². The Balaban J connectivity index is 1.78. The fraction of sp³-hybridized carbons (Fsp3) is 0.375. The third-order valence-corrected chi connectivity index (χ3v) is 4.77. The van der Waals surface area contributed by atoms with Gasteiger partial charge in [-0.1, -0.05) is 30.4 Å². The van der Waals surface area contributed by atoms with Crippen LogP contribution in [0.2, 0.25) is 0 Å². The molecule has 1 heterocycles. The molecular formula is C16H15NO2. The maximum Gasteiger partial charge on any atom is 0.238 e. The summed E-state index contributed by atoms with van der Waals surface area (Å²) in [6.07, 6.45) is 6.39. The maximum absolute atomic E-state index is 12.6. The molecule has 4 atom stereocenters. The van der Waals surface area contributed by atoms with E-state index in [1.165, 1.54) is 4.90 Å². The molecule has 4 aliphatic rings. The standard InChI is InChI=1S/C16H15NO2/c18-15-13-10-6-7-11(9-8-10)14(13)16(19)17(15)12-4-2-1-3-5-12/h1-7,10-11,13-14H,8-9H2/t10?,11?,13-,14+. The zero-order valence-corrected chi connectivity index (χ0v) is 10.5. The van der Waals surface area contributed by atoms with Crippen LogP contribution in [0.4, 0.5) is 5.69 Å². The van der Waals surface area contributed by atoms with Crippen molar-refractivity contribution >= 4 is 17.5 Å². The highest BCUT2D eigenvalue weighted by Gasteiger charge is 2.56. The zero-order chi connectivity index (χ0) is 13.0. The first-order valence-electron chi connectivity index (χ1n) is 6.88. The van der Waals surface area contributed by atoms with E-state index >= 15 is 0 Å². The lowest BCUT2D eigenvalue weighted by Gasteiger charge is -2.38. The van der Waals surface area contributed by atoms with E-state index in [4.69, 9.17) is 0 Å². The van der Waals surface area contributed by atoms with Crippen LogP contribution in [0.5, 0.6) is 0 Å². The van der Waals surface area contributed by atoms with Gasteiger partial charge in [0.2, 0.25) is 11.8 Å². The molecule has 0 N–H and O–H groups in total. The second-order valence-electron chi connectivity index (χ2n) is 5.69. The first-order chi connectivity index (χ1) is 9.27. The van der Waals surface area contributed by atoms with Crippen LogP contribution in [0.15, 0.2) is 42.5 Å². The van der Waals surface area contributed by atoms with Crippen LogP contribution in [-0.2, 0) is 9.59 Å². The van der Waals surface area contributed by atoms with Crippen molar-refractivity contribution in [3.63, 3.8) is 0 Å². The summed E-state index contributed by atoms with van der Waals surface area (Å²) in [7, 11) is 0. The van der Waals surface area contributed by atoms with E-state index in [1.54, 1.807) is 0 Å². The van der Waals surface area contributed by atoms with Gasteiger partial charge in [-0.25, -0.2) is 0 Å². The van der Waals surface area contributed by atoms with Crippen molar-refractivity contribution in [3.8, 4) is 0 Å². The Morgan fingerprint density at radius 2 is 1.37 bits per heavy atom. The first-order valence-corrected chi connectivity index (χ1v) is 6.88. The first kappa shape index (κ1) is 11.0. The molecule has 1 saturated carbocycles. The third kappa shape index (κ3) is 1.38. The molecule has 2 bridgehead atoms. The Hall–Kier alpha value is -1.90. The van der Waals surface area contributed by atoms with Gasteiger partial charge in [0.15, 0.2) is 0 Å². The Kier molecular flexibility index (Phi) is 2.19. The molecule has 2 unspecified atom stereocenters. The number of amides is 2.